The molecule has 0 saturated carbocycles. The predicted molar refractivity (Wildman–Crippen MR) is 94.1 cm³/mol. The predicted octanol–water partition coefficient (Wildman–Crippen LogP) is 1.88. The minimum absolute atomic E-state index is 0.0459. The fourth-order valence-corrected chi connectivity index (χ4v) is 2.63. The van der Waals surface area contributed by atoms with Gasteiger partial charge in [0.25, 0.3) is 17.5 Å². The van der Waals surface area contributed by atoms with Crippen LogP contribution in [0, 0.1) is 17.0 Å². The highest BCUT2D eigenvalue weighted by atomic mass is 32.1. The monoisotopic (exact) mass is 377 g/mol. The summed E-state index contributed by atoms with van der Waals surface area (Å²) >= 11 is 1.22. The van der Waals surface area contributed by atoms with Crippen LogP contribution in [0.4, 0.5) is 11.4 Å². The molecule has 0 radical (unpaired) electrons. The molecule has 10 heteroatoms. The number of benzene rings is 1. The van der Waals surface area contributed by atoms with Crippen molar-refractivity contribution in [1.82, 2.24) is 5.32 Å². The van der Waals surface area contributed by atoms with Crippen molar-refractivity contribution in [2.45, 2.75) is 6.92 Å². The van der Waals surface area contributed by atoms with Crippen molar-refractivity contribution in [1.29, 1.82) is 0 Å². The van der Waals surface area contributed by atoms with E-state index in [1.807, 2.05) is 0 Å². The second kappa shape index (κ2) is 8.72. The van der Waals surface area contributed by atoms with E-state index in [4.69, 9.17) is 4.74 Å². The van der Waals surface area contributed by atoms with Gasteiger partial charge < -0.3 is 15.4 Å². The number of nitro groups is 1. The van der Waals surface area contributed by atoms with Gasteiger partial charge in [-0.25, -0.2) is 0 Å². The molecular weight excluding hydrogens is 362 g/mol. The summed E-state index contributed by atoms with van der Waals surface area (Å²) in [7, 11) is 0. The second-order valence-corrected chi connectivity index (χ2v) is 6.04. The normalized spacial score (nSPS) is 10.0. The molecule has 0 aliphatic carbocycles. The lowest BCUT2D eigenvalue weighted by Gasteiger charge is -2.09. The Bertz CT molecular complexity index is 835. The average molecular weight is 377 g/mol. The molecule has 1 aromatic carbocycles. The van der Waals surface area contributed by atoms with Crippen LogP contribution in [-0.4, -0.2) is 35.9 Å². The number of nitrogens with one attached hydrogen (secondary N) is 2. The summed E-state index contributed by atoms with van der Waals surface area (Å²) in [6, 6.07) is 7.67. The van der Waals surface area contributed by atoms with Gasteiger partial charge in [-0.1, -0.05) is 18.2 Å². The lowest BCUT2D eigenvalue weighted by Crippen LogP contribution is -2.32. The maximum atomic E-state index is 11.9. The van der Waals surface area contributed by atoms with E-state index in [9.17, 15) is 24.5 Å². The molecule has 2 rings (SSSR count). The summed E-state index contributed by atoms with van der Waals surface area (Å²) < 4.78 is 4.75. The van der Waals surface area contributed by atoms with E-state index in [1.165, 1.54) is 23.5 Å². The van der Waals surface area contributed by atoms with E-state index in [-0.39, 0.29) is 11.4 Å². The molecule has 0 aliphatic heterocycles. The number of anilines is 1. The molecular formula is C16H15N3O6S. The summed E-state index contributed by atoms with van der Waals surface area (Å²) in [5, 5.41) is 17.4. The highest BCUT2D eigenvalue weighted by Gasteiger charge is 2.18. The van der Waals surface area contributed by atoms with E-state index < -0.39 is 35.9 Å². The Labute approximate surface area is 152 Å². The van der Waals surface area contributed by atoms with Crippen LogP contribution in [0.2, 0.25) is 0 Å². The number of esters is 1. The van der Waals surface area contributed by atoms with Crippen LogP contribution >= 0.6 is 11.3 Å². The van der Waals surface area contributed by atoms with Gasteiger partial charge in [0.1, 0.15) is 12.2 Å². The van der Waals surface area contributed by atoms with Gasteiger partial charge in [-0.15, -0.1) is 11.3 Å². The van der Waals surface area contributed by atoms with Crippen LogP contribution < -0.4 is 10.6 Å². The van der Waals surface area contributed by atoms with E-state index in [1.54, 1.807) is 30.5 Å². The maximum absolute atomic E-state index is 11.9. The number of nitro benzene ring substituents is 1. The zero-order chi connectivity index (χ0) is 19.1. The number of rotatable bonds is 7. The van der Waals surface area contributed by atoms with Gasteiger partial charge in [0.2, 0.25) is 0 Å². The number of hydrogen-bond acceptors (Lipinski definition) is 7. The molecule has 2 aromatic rings. The van der Waals surface area contributed by atoms with Crippen molar-refractivity contribution < 1.29 is 24.0 Å². The summed E-state index contributed by atoms with van der Waals surface area (Å²) in [6.45, 7) is 0.586. The Morgan fingerprint density at radius 2 is 2.00 bits per heavy atom. The molecule has 0 saturated heterocycles. The van der Waals surface area contributed by atoms with Gasteiger partial charge in [0.15, 0.2) is 6.61 Å². The highest BCUT2D eigenvalue weighted by Crippen LogP contribution is 2.27. The summed E-state index contributed by atoms with van der Waals surface area (Å²) in [4.78, 5) is 46.0. The summed E-state index contributed by atoms with van der Waals surface area (Å²) in [5.41, 5.74) is 0.291. The maximum Gasteiger partial charge on any atom is 0.325 e. The highest BCUT2D eigenvalue weighted by molar-refractivity contribution is 7.12. The summed E-state index contributed by atoms with van der Waals surface area (Å²) in [6.07, 6.45) is 0. The Balaban J connectivity index is 1.83. The van der Waals surface area contributed by atoms with E-state index in [0.29, 0.717) is 10.4 Å². The van der Waals surface area contributed by atoms with Crippen LogP contribution in [-0.2, 0) is 14.3 Å². The van der Waals surface area contributed by atoms with E-state index >= 15 is 0 Å². The Morgan fingerprint density at radius 1 is 1.23 bits per heavy atom. The third-order valence-corrected chi connectivity index (χ3v) is 4.08. The van der Waals surface area contributed by atoms with Crippen LogP contribution in [0.3, 0.4) is 0 Å². The first-order valence-electron chi connectivity index (χ1n) is 7.39. The standard InChI is InChI=1S/C16H15N3O6S/c1-10-4-2-5-11(19(23)24)15(10)18-13(20)9-25-14(21)8-17-16(22)12-6-3-7-26-12/h2-7H,8-9H2,1H3,(H,17,22)(H,18,20). The number of aryl methyl sites for hydroxylation is 1. The number of amides is 2. The third kappa shape index (κ3) is 5.11. The lowest BCUT2D eigenvalue weighted by atomic mass is 10.1. The molecule has 0 atom stereocenters. The van der Waals surface area contributed by atoms with Crippen molar-refractivity contribution in [3.8, 4) is 0 Å². The first-order valence-corrected chi connectivity index (χ1v) is 8.27. The molecule has 136 valence electrons. The quantitative estimate of drug-likeness (QED) is 0.431. The molecule has 0 aliphatic rings. The smallest absolute Gasteiger partial charge is 0.325 e. The fourth-order valence-electron chi connectivity index (χ4n) is 1.99. The number of carbonyl (C=O) groups excluding carboxylic acids is 3. The van der Waals surface area contributed by atoms with Crippen molar-refractivity contribution in [2.24, 2.45) is 0 Å². The molecule has 9 nitrogen and oxygen atoms in total. The first kappa shape index (κ1) is 19.1. The minimum atomic E-state index is -0.802. The molecule has 0 spiro atoms. The Kier molecular flexibility index (Phi) is 6.39. The number of nitrogens with zero attached hydrogens (tertiary/aromatic N) is 1. The molecule has 1 aromatic heterocycles. The number of ether oxygens (including phenoxy) is 1. The van der Waals surface area contributed by atoms with Crippen molar-refractivity contribution >= 4 is 40.5 Å². The van der Waals surface area contributed by atoms with Crippen LogP contribution in [0.15, 0.2) is 35.7 Å². The van der Waals surface area contributed by atoms with Gasteiger partial charge in [-0.05, 0) is 23.9 Å². The number of hydrogen-bond donors (Lipinski definition) is 2. The first-order chi connectivity index (χ1) is 12.4. The number of thiophene rings is 1. The molecule has 0 bridgehead atoms. The molecule has 1 heterocycles. The lowest BCUT2D eigenvalue weighted by molar-refractivity contribution is -0.384. The average Bonchev–Trinajstić information content (AvgIpc) is 3.14. The van der Waals surface area contributed by atoms with Gasteiger partial charge in [-0.3, -0.25) is 24.5 Å². The molecule has 0 fully saturated rings. The SMILES string of the molecule is Cc1cccc([N+](=O)[O-])c1NC(=O)COC(=O)CNC(=O)c1cccs1. The largest absolute Gasteiger partial charge is 0.454 e. The number of para-hydroxylation sites is 1. The molecule has 26 heavy (non-hydrogen) atoms. The fraction of sp³-hybridized carbons (Fsp3) is 0.188. The van der Waals surface area contributed by atoms with Crippen LogP contribution in [0.5, 0.6) is 0 Å². The summed E-state index contributed by atoms with van der Waals surface area (Å²) in [5.74, 6) is -1.94. The van der Waals surface area contributed by atoms with E-state index in [0.717, 1.165) is 0 Å². The van der Waals surface area contributed by atoms with Crippen LogP contribution in [0.1, 0.15) is 15.2 Å². The Hall–Kier alpha value is -3.27. The van der Waals surface area contributed by atoms with E-state index in [2.05, 4.69) is 10.6 Å². The van der Waals surface area contributed by atoms with Crippen molar-refractivity contribution in [3.63, 3.8) is 0 Å². The van der Waals surface area contributed by atoms with Crippen LogP contribution in [0.25, 0.3) is 0 Å². The zero-order valence-corrected chi connectivity index (χ0v) is 14.5. The van der Waals surface area contributed by atoms with Gasteiger partial charge in [-0.2, -0.15) is 0 Å². The number of carbonyl (C=O) groups is 3. The Morgan fingerprint density at radius 3 is 2.65 bits per heavy atom. The van der Waals surface area contributed by atoms with Crippen molar-refractivity contribution in [2.75, 3.05) is 18.5 Å². The van der Waals surface area contributed by atoms with Crippen molar-refractivity contribution in [3.05, 3.63) is 56.3 Å². The van der Waals surface area contributed by atoms with Gasteiger partial charge >= 0.3 is 5.97 Å². The third-order valence-electron chi connectivity index (χ3n) is 3.21. The minimum Gasteiger partial charge on any atom is -0.454 e. The zero-order valence-electron chi connectivity index (χ0n) is 13.7. The van der Waals surface area contributed by atoms with Gasteiger partial charge in [0.05, 0.1) is 9.80 Å². The molecule has 0 unspecified atom stereocenters. The van der Waals surface area contributed by atoms with Gasteiger partial charge in [0, 0.05) is 6.07 Å². The second-order valence-electron chi connectivity index (χ2n) is 5.09. The molecule has 2 amide bonds. The molecule has 2 N–H and O–H groups in total. The topological polar surface area (TPSA) is 128 Å².